The van der Waals surface area contributed by atoms with E-state index in [-0.39, 0.29) is 24.0 Å². The van der Waals surface area contributed by atoms with E-state index in [9.17, 15) is 0 Å². The molecule has 1 aliphatic heterocycles. The predicted molar refractivity (Wildman–Crippen MR) is 116 cm³/mol. The van der Waals surface area contributed by atoms with Gasteiger partial charge in [0.15, 0.2) is 5.96 Å². The average molecular weight is 469 g/mol. The highest BCUT2D eigenvalue weighted by atomic mass is 127. The van der Waals surface area contributed by atoms with Crippen molar-refractivity contribution in [3.05, 3.63) is 42.0 Å². The monoisotopic (exact) mass is 469 g/mol. The number of nitrogens with zero attached hydrogens (tertiary/aromatic N) is 6. The van der Waals surface area contributed by atoms with E-state index in [1.165, 1.54) is 11.3 Å². The number of aliphatic imine (C=N–C) groups is 1. The number of anilines is 1. The lowest BCUT2D eigenvalue weighted by atomic mass is 10.2. The molecule has 0 spiro atoms. The summed E-state index contributed by atoms with van der Waals surface area (Å²) in [6.45, 7) is 9.54. The highest BCUT2D eigenvalue weighted by Gasteiger charge is 2.20. The maximum absolute atomic E-state index is 4.74. The van der Waals surface area contributed by atoms with E-state index in [2.05, 4.69) is 63.3 Å². The van der Waals surface area contributed by atoms with Crippen molar-refractivity contribution >= 4 is 35.6 Å². The number of halogens is 1. The molecular formula is C18H28IN7. The fourth-order valence-electron chi connectivity index (χ4n) is 3.04. The minimum Gasteiger partial charge on any atom is -0.368 e. The van der Waals surface area contributed by atoms with Crippen molar-refractivity contribution in [1.29, 1.82) is 0 Å². The molecule has 2 aromatic rings. The number of aromatic nitrogens is 3. The molecule has 1 aromatic carbocycles. The summed E-state index contributed by atoms with van der Waals surface area (Å²) in [7, 11) is 1.89. The lowest BCUT2D eigenvalue weighted by Gasteiger charge is -2.37. The van der Waals surface area contributed by atoms with Crippen molar-refractivity contribution in [2.45, 2.75) is 20.4 Å². The highest BCUT2D eigenvalue weighted by molar-refractivity contribution is 14.0. The first-order valence-electron chi connectivity index (χ1n) is 8.85. The zero-order chi connectivity index (χ0) is 17.6. The van der Waals surface area contributed by atoms with Crippen LogP contribution in [-0.2, 0) is 13.6 Å². The summed E-state index contributed by atoms with van der Waals surface area (Å²) < 4.78 is 1.77. The van der Waals surface area contributed by atoms with E-state index in [4.69, 9.17) is 4.99 Å². The van der Waals surface area contributed by atoms with Gasteiger partial charge in [-0.15, -0.1) is 24.0 Å². The zero-order valence-corrected chi connectivity index (χ0v) is 18.1. The van der Waals surface area contributed by atoms with E-state index in [0.29, 0.717) is 6.54 Å². The van der Waals surface area contributed by atoms with Crippen LogP contribution in [0.15, 0.2) is 35.6 Å². The van der Waals surface area contributed by atoms with Gasteiger partial charge in [-0.25, -0.2) is 9.98 Å². The Balaban J connectivity index is 0.00000243. The number of piperazine rings is 1. The third-order valence-electron chi connectivity index (χ3n) is 4.46. The van der Waals surface area contributed by atoms with Gasteiger partial charge in [-0.2, -0.15) is 5.10 Å². The average Bonchev–Trinajstić information content (AvgIpc) is 3.04. The number of hydrogen-bond donors (Lipinski definition) is 1. The molecule has 0 radical (unpaired) electrons. The van der Waals surface area contributed by atoms with Crippen LogP contribution < -0.4 is 10.2 Å². The van der Waals surface area contributed by atoms with Crippen molar-refractivity contribution < 1.29 is 0 Å². The number of aryl methyl sites for hydroxylation is 2. The van der Waals surface area contributed by atoms with Crippen LogP contribution in [0, 0.1) is 6.92 Å². The summed E-state index contributed by atoms with van der Waals surface area (Å²) in [5.74, 6) is 1.82. The largest absolute Gasteiger partial charge is 0.368 e. The summed E-state index contributed by atoms with van der Waals surface area (Å²) >= 11 is 0. The first kappa shape index (κ1) is 20.5. The summed E-state index contributed by atoms with van der Waals surface area (Å²) in [6.07, 6.45) is 1.57. The first-order valence-corrected chi connectivity index (χ1v) is 8.85. The second kappa shape index (κ2) is 9.75. The number of guanidine groups is 1. The molecule has 2 heterocycles. The van der Waals surface area contributed by atoms with Gasteiger partial charge in [0.05, 0.1) is 0 Å². The molecule has 1 aromatic heterocycles. The molecule has 7 nitrogen and oxygen atoms in total. The normalized spacial score (nSPS) is 15.0. The summed E-state index contributed by atoms with van der Waals surface area (Å²) in [6, 6.07) is 8.71. The van der Waals surface area contributed by atoms with Crippen LogP contribution in [0.1, 0.15) is 18.3 Å². The Hall–Kier alpha value is -1.84. The van der Waals surface area contributed by atoms with E-state index >= 15 is 0 Å². The molecular weight excluding hydrogens is 441 g/mol. The Bertz CT molecular complexity index is 720. The molecule has 8 heteroatoms. The molecule has 0 atom stereocenters. The molecule has 3 rings (SSSR count). The maximum Gasteiger partial charge on any atom is 0.194 e. The van der Waals surface area contributed by atoms with Crippen molar-refractivity contribution in [2.75, 3.05) is 37.6 Å². The first-order chi connectivity index (χ1) is 12.2. The van der Waals surface area contributed by atoms with Crippen molar-refractivity contribution in [1.82, 2.24) is 25.0 Å². The molecule has 1 aliphatic rings. The van der Waals surface area contributed by atoms with Crippen LogP contribution in [0.25, 0.3) is 0 Å². The van der Waals surface area contributed by atoms with Gasteiger partial charge in [-0.05, 0) is 31.5 Å². The zero-order valence-electron chi connectivity index (χ0n) is 15.7. The number of benzene rings is 1. The molecule has 0 saturated carbocycles. The number of nitrogens with one attached hydrogen (secondary N) is 1. The molecule has 1 saturated heterocycles. The predicted octanol–water partition coefficient (Wildman–Crippen LogP) is 2.03. The molecule has 1 N–H and O–H groups in total. The molecule has 0 bridgehead atoms. The van der Waals surface area contributed by atoms with Gasteiger partial charge < -0.3 is 15.1 Å². The highest BCUT2D eigenvalue weighted by Crippen LogP contribution is 2.17. The van der Waals surface area contributed by atoms with Gasteiger partial charge in [0.2, 0.25) is 0 Å². The molecule has 1 fully saturated rings. The van der Waals surface area contributed by atoms with E-state index in [1.54, 1.807) is 11.0 Å². The third kappa shape index (κ3) is 5.09. The van der Waals surface area contributed by atoms with E-state index < -0.39 is 0 Å². The van der Waals surface area contributed by atoms with Crippen LogP contribution in [0.4, 0.5) is 5.69 Å². The van der Waals surface area contributed by atoms with Gasteiger partial charge in [0, 0.05) is 45.5 Å². The molecule has 0 amide bonds. The second-order valence-electron chi connectivity index (χ2n) is 6.28. The standard InChI is InChI=1S/C18H27N7.HI/c1-4-19-18(20-13-17-21-14-22-23(17)3)25-10-8-24(9-11-25)16-7-5-6-15(2)12-16;/h5-7,12,14H,4,8-11,13H2,1-3H3,(H,19,20);1H. The Morgan fingerprint density at radius 1 is 1.23 bits per heavy atom. The number of rotatable bonds is 4. The van der Waals surface area contributed by atoms with Crippen LogP contribution in [0.5, 0.6) is 0 Å². The van der Waals surface area contributed by atoms with Crippen LogP contribution in [0.2, 0.25) is 0 Å². The van der Waals surface area contributed by atoms with Crippen molar-refractivity contribution in [2.24, 2.45) is 12.0 Å². The Kier molecular flexibility index (Phi) is 7.67. The lowest BCUT2D eigenvalue weighted by Crippen LogP contribution is -2.52. The third-order valence-corrected chi connectivity index (χ3v) is 4.46. The molecule has 26 heavy (non-hydrogen) atoms. The lowest BCUT2D eigenvalue weighted by molar-refractivity contribution is 0.372. The topological polar surface area (TPSA) is 61.6 Å². The molecule has 0 aliphatic carbocycles. The van der Waals surface area contributed by atoms with Gasteiger partial charge in [0.1, 0.15) is 18.7 Å². The number of hydrogen-bond acceptors (Lipinski definition) is 4. The van der Waals surface area contributed by atoms with Crippen LogP contribution in [0.3, 0.4) is 0 Å². The maximum atomic E-state index is 4.74. The SMILES string of the molecule is CCNC(=NCc1ncnn1C)N1CCN(c2cccc(C)c2)CC1.I. The minimum absolute atomic E-state index is 0. The van der Waals surface area contributed by atoms with Gasteiger partial charge in [-0.1, -0.05) is 12.1 Å². The van der Waals surface area contributed by atoms with Crippen molar-refractivity contribution in [3.8, 4) is 0 Å². The van der Waals surface area contributed by atoms with Gasteiger partial charge in [-0.3, -0.25) is 4.68 Å². The summed E-state index contributed by atoms with van der Waals surface area (Å²) in [4.78, 5) is 13.8. The summed E-state index contributed by atoms with van der Waals surface area (Å²) in [5, 5.41) is 7.50. The van der Waals surface area contributed by atoms with Crippen LogP contribution in [-0.4, -0.2) is 58.3 Å². The smallest absolute Gasteiger partial charge is 0.194 e. The van der Waals surface area contributed by atoms with Crippen LogP contribution >= 0.6 is 24.0 Å². The van der Waals surface area contributed by atoms with Crippen molar-refractivity contribution in [3.63, 3.8) is 0 Å². The minimum atomic E-state index is 0. The van der Waals surface area contributed by atoms with Gasteiger partial charge in [0.25, 0.3) is 0 Å². The Labute approximate surface area is 172 Å². The van der Waals surface area contributed by atoms with E-state index in [1.807, 2.05) is 7.05 Å². The second-order valence-corrected chi connectivity index (χ2v) is 6.28. The van der Waals surface area contributed by atoms with E-state index in [0.717, 1.165) is 44.5 Å². The Morgan fingerprint density at radius 3 is 2.62 bits per heavy atom. The van der Waals surface area contributed by atoms with Gasteiger partial charge >= 0.3 is 0 Å². The Morgan fingerprint density at radius 2 is 2.00 bits per heavy atom. The molecule has 142 valence electrons. The fourth-order valence-corrected chi connectivity index (χ4v) is 3.04. The fraction of sp³-hybridized carbons (Fsp3) is 0.500. The molecule has 0 unspecified atom stereocenters. The quantitative estimate of drug-likeness (QED) is 0.422. The summed E-state index contributed by atoms with van der Waals surface area (Å²) in [5.41, 5.74) is 2.61.